The summed E-state index contributed by atoms with van der Waals surface area (Å²) in [5.41, 5.74) is 0.818. The van der Waals surface area contributed by atoms with Crippen LogP contribution >= 0.6 is 0 Å². The highest BCUT2D eigenvalue weighted by molar-refractivity contribution is 5.78. The minimum absolute atomic E-state index is 0.0343. The Morgan fingerprint density at radius 2 is 1.90 bits per heavy atom. The number of rotatable bonds is 5. The van der Waals surface area contributed by atoms with Crippen molar-refractivity contribution in [1.29, 1.82) is 0 Å². The maximum Gasteiger partial charge on any atom is 0.449 e. The molecule has 0 spiro atoms. The van der Waals surface area contributed by atoms with E-state index in [4.69, 9.17) is 4.74 Å². The molecule has 1 saturated heterocycles. The van der Waals surface area contributed by atoms with Crippen molar-refractivity contribution in [2.75, 3.05) is 19.7 Å². The fraction of sp³-hybridized carbons (Fsp3) is 0.381. The predicted octanol–water partition coefficient (Wildman–Crippen LogP) is 3.77. The number of carbonyl (C=O) groups excluding carboxylic acids is 1. The van der Waals surface area contributed by atoms with Gasteiger partial charge in [0.2, 0.25) is 5.82 Å². The summed E-state index contributed by atoms with van der Waals surface area (Å²) in [6.45, 7) is 1.13. The monoisotopic (exact) mass is 418 g/mol. The predicted molar refractivity (Wildman–Crippen MR) is 104 cm³/mol. The van der Waals surface area contributed by atoms with Crippen molar-refractivity contribution in [3.63, 3.8) is 0 Å². The highest BCUT2D eigenvalue weighted by atomic mass is 19.4. The first-order valence-electron chi connectivity index (χ1n) is 9.75. The molecule has 0 atom stereocenters. The summed E-state index contributed by atoms with van der Waals surface area (Å²) in [5, 5.41) is 0. The number of hydrogen-bond acceptors (Lipinski definition) is 4. The van der Waals surface area contributed by atoms with Gasteiger partial charge in [-0.05, 0) is 43.0 Å². The van der Waals surface area contributed by atoms with Gasteiger partial charge in [-0.1, -0.05) is 12.1 Å². The maximum atomic E-state index is 13.5. The zero-order chi connectivity index (χ0) is 21.1. The van der Waals surface area contributed by atoms with E-state index in [0.29, 0.717) is 42.7 Å². The summed E-state index contributed by atoms with van der Waals surface area (Å²) in [6.07, 6.45) is -0.107. The van der Waals surface area contributed by atoms with Gasteiger partial charge in [0.1, 0.15) is 5.75 Å². The molecule has 6 nitrogen and oxygen atoms in total. The quantitative estimate of drug-likeness (QED) is 0.633. The molecule has 9 heteroatoms. The number of halogens is 3. The van der Waals surface area contributed by atoms with Gasteiger partial charge in [-0.3, -0.25) is 9.78 Å². The Kier molecular flexibility index (Phi) is 5.61. The number of benzene rings is 1. The minimum atomic E-state index is -4.51. The van der Waals surface area contributed by atoms with Crippen LogP contribution in [0, 0.1) is 5.92 Å². The van der Waals surface area contributed by atoms with Gasteiger partial charge in [-0.15, -0.1) is 0 Å². The van der Waals surface area contributed by atoms with Crippen molar-refractivity contribution in [2.45, 2.75) is 25.6 Å². The molecule has 0 radical (unpaired) electrons. The van der Waals surface area contributed by atoms with Crippen LogP contribution in [0.5, 0.6) is 5.75 Å². The lowest BCUT2D eigenvalue weighted by molar-refractivity contribution is -0.147. The number of alkyl halides is 3. The van der Waals surface area contributed by atoms with Gasteiger partial charge in [-0.2, -0.15) is 13.2 Å². The van der Waals surface area contributed by atoms with Crippen LogP contribution in [0.15, 0.2) is 48.8 Å². The first-order valence-corrected chi connectivity index (χ1v) is 9.75. The topological polar surface area (TPSA) is 60.2 Å². The fourth-order valence-electron chi connectivity index (χ4n) is 3.77. The highest BCUT2D eigenvalue weighted by Gasteiger charge is 2.38. The molecule has 4 rings (SSSR count). The average molecular weight is 418 g/mol. The lowest BCUT2D eigenvalue weighted by Gasteiger charge is -2.32. The lowest BCUT2D eigenvalue weighted by atomic mass is 9.96. The van der Waals surface area contributed by atoms with Gasteiger partial charge in [0.05, 0.1) is 17.2 Å². The van der Waals surface area contributed by atoms with Gasteiger partial charge in [0, 0.05) is 25.8 Å². The zero-order valence-electron chi connectivity index (χ0n) is 16.2. The fourth-order valence-corrected chi connectivity index (χ4v) is 3.77. The standard InChI is InChI=1S/C21H21F3N4O2/c22-21(23,24)20-26-17-5-1-2-6-18(17)28(20)13-15-7-10-27(11-8-15)19(29)14-30-16-4-3-9-25-12-16/h1-6,9,12,15H,7-8,10-11,13-14H2. The average Bonchev–Trinajstić information content (AvgIpc) is 3.12. The molecule has 0 bridgehead atoms. The zero-order valence-corrected chi connectivity index (χ0v) is 16.2. The van der Waals surface area contributed by atoms with E-state index in [1.54, 1.807) is 47.5 Å². The number of aromatic nitrogens is 3. The molecule has 1 aliphatic heterocycles. The van der Waals surface area contributed by atoms with Gasteiger partial charge < -0.3 is 14.2 Å². The second-order valence-corrected chi connectivity index (χ2v) is 7.33. The molecule has 1 fully saturated rings. The normalized spacial score (nSPS) is 15.5. The van der Waals surface area contributed by atoms with E-state index in [9.17, 15) is 18.0 Å². The van der Waals surface area contributed by atoms with Crippen LogP contribution < -0.4 is 4.74 Å². The number of hydrogen-bond donors (Lipinski definition) is 0. The number of ether oxygens (including phenoxy) is 1. The van der Waals surface area contributed by atoms with E-state index >= 15 is 0 Å². The number of para-hydroxylation sites is 2. The van der Waals surface area contributed by atoms with Crippen LogP contribution in [0.1, 0.15) is 18.7 Å². The van der Waals surface area contributed by atoms with Crippen molar-refractivity contribution in [1.82, 2.24) is 19.4 Å². The number of nitrogens with zero attached hydrogens (tertiary/aromatic N) is 4. The Bertz CT molecular complexity index is 1010. The number of amides is 1. The van der Waals surface area contributed by atoms with Crippen molar-refractivity contribution >= 4 is 16.9 Å². The number of imidazole rings is 1. The third kappa shape index (κ3) is 4.39. The number of likely N-dealkylation sites (tertiary alicyclic amines) is 1. The summed E-state index contributed by atoms with van der Waals surface area (Å²) >= 11 is 0. The van der Waals surface area contributed by atoms with Crippen LogP contribution in [-0.4, -0.2) is 45.0 Å². The first-order chi connectivity index (χ1) is 14.4. The molecule has 0 aliphatic carbocycles. The van der Waals surface area contributed by atoms with Crippen LogP contribution in [0.3, 0.4) is 0 Å². The second-order valence-electron chi connectivity index (χ2n) is 7.33. The first kappa shape index (κ1) is 20.2. The van der Waals surface area contributed by atoms with E-state index in [1.807, 2.05) is 0 Å². The van der Waals surface area contributed by atoms with Gasteiger partial charge >= 0.3 is 6.18 Å². The summed E-state index contributed by atoms with van der Waals surface area (Å²) in [7, 11) is 0. The molecule has 1 aliphatic rings. The Morgan fingerprint density at radius 3 is 2.60 bits per heavy atom. The Hall–Kier alpha value is -3.10. The van der Waals surface area contributed by atoms with Crippen molar-refractivity contribution in [3.8, 4) is 5.75 Å². The van der Waals surface area contributed by atoms with E-state index < -0.39 is 12.0 Å². The molecule has 158 valence electrons. The molecule has 0 unspecified atom stereocenters. The van der Waals surface area contributed by atoms with Gasteiger partial charge in [0.25, 0.3) is 5.91 Å². The molecular formula is C21H21F3N4O2. The van der Waals surface area contributed by atoms with Crippen molar-refractivity contribution < 1.29 is 22.7 Å². The number of piperidine rings is 1. The molecule has 1 aromatic carbocycles. The third-order valence-corrected chi connectivity index (χ3v) is 5.31. The van der Waals surface area contributed by atoms with E-state index in [0.717, 1.165) is 0 Å². The molecule has 0 saturated carbocycles. The lowest BCUT2D eigenvalue weighted by Crippen LogP contribution is -2.41. The largest absolute Gasteiger partial charge is 0.482 e. The SMILES string of the molecule is O=C(COc1cccnc1)N1CCC(Cn2c(C(F)(F)F)nc3ccccc32)CC1. The van der Waals surface area contributed by atoms with Crippen LogP contribution in [0.2, 0.25) is 0 Å². The van der Waals surface area contributed by atoms with E-state index in [1.165, 1.54) is 10.8 Å². The number of carbonyl (C=O) groups is 1. The molecule has 1 amide bonds. The van der Waals surface area contributed by atoms with Crippen LogP contribution in [-0.2, 0) is 17.5 Å². The smallest absolute Gasteiger partial charge is 0.449 e. The molecule has 3 aromatic rings. The Morgan fingerprint density at radius 1 is 1.13 bits per heavy atom. The maximum absolute atomic E-state index is 13.5. The number of pyridine rings is 1. The third-order valence-electron chi connectivity index (χ3n) is 5.31. The van der Waals surface area contributed by atoms with Gasteiger partial charge in [0.15, 0.2) is 6.61 Å². The Balaban J connectivity index is 1.38. The highest BCUT2D eigenvalue weighted by Crippen LogP contribution is 2.33. The minimum Gasteiger partial charge on any atom is -0.482 e. The number of fused-ring (bicyclic) bond motifs is 1. The summed E-state index contributed by atoms with van der Waals surface area (Å²) in [6, 6.07) is 10.1. The van der Waals surface area contributed by atoms with Crippen molar-refractivity contribution in [2.24, 2.45) is 5.92 Å². The van der Waals surface area contributed by atoms with Crippen LogP contribution in [0.25, 0.3) is 11.0 Å². The molecule has 3 heterocycles. The molecule has 2 aromatic heterocycles. The van der Waals surface area contributed by atoms with Crippen molar-refractivity contribution in [3.05, 3.63) is 54.6 Å². The van der Waals surface area contributed by atoms with Gasteiger partial charge in [-0.25, -0.2) is 4.98 Å². The molecule has 0 N–H and O–H groups in total. The summed E-state index contributed by atoms with van der Waals surface area (Å²) in [4.78, 5) is 21.8. The molecule has 30 heavy (non-hydrogen) atoms. The van der Waals surface area contributed by atoms with Crippen LogP contribution in [0.4, 0.5) is 13.2 Å². The Labute approximate surface area is 171 Å². The summed E-state index contributed by atoms with van der Waals surface area (Å²) < 4.78 is 47.1. The summed E-state index contributed by atoms with van der Waals surface area (Å²) in [5.74, 6) is -0.451. The second kappa shape index (κ2) is 8.33. The van der Waals surface area contributed by atoms with E-state index in [-0.39, 0.29) is 25.0 Å². The van der Waals surface area contributed by atoms with E-state index in [2.05, 4.69) is 9.97 Å². The molecular weight excluding hydrogens is 397 g/mol.